The van der Waals surface area contributed by atoms with Gasteiger partial charge in [0.15, 0.2) is 0 Å². The standard InChI is InChI=1S/C22H23Cl2N5O2/c1-14(21(30)26-19-7-6-15(23)12-17(19)24)29-10-8-28(9-11-29)13-20-25-18-5-3-2-4-16(18)22(31)27-20/h2-7,12,14H,8-11,13H2,1H3,(H,26,30)(H,25,27,31). The Morgan fingerprint density at radius 1 is 1.16 bits per heavy atom. The summed E-state index contributed by atoms with van der Waals surface area (Å²) in [6, 6.07) is 12.0. The van der Waals surface area contributed by atoms with E-state index in [4.69, 9.17) is 23.2 Å². The molecular formula is C22H23Cl2N5O2. The Kier molecular flexibility index (Phi) is 6.57. The van der Waals surface area contributed by atoms with Crippen LogP contribution in [0.3, 0.4) is 0 Å². The van der Waals surface area contributed by atoms with Crippen molar-refractivity contribution in [1.29, 1.82) is 0 Å². The number of anilines is 1. The molecule has 3 aromatic rings. The highest BCUT2D eigenvalue weighted by Crippen LogP contribution is 2.25. The molecule has 1 saturated heterocycles. The van der Waals surface area contributed by atoms with Crippen LogP contribution in [0.2, 0.25) is 10.0 Å². The second-order valence-electron chi connectivity index (χ2n) is 7.63. The molecule has 1 aromatic heterocycles. The van der Waals surface area contributed by atoms with E-state index in [0.29, 0.717) is 39.0 Å². The average molecular weight is 460 g/mol. The van der Waals surface area contributed by atoms with E-state index in [1.807, 2.05) is 25.1 Å². The van der Waals surface area contributed by atoms with E-state index in [0.717, 1.165) is 26.2 Å². The number of H-pyrrole nitrogens is 1. The lowest BCUT2D eigenvalue weighted by molar-refractivity contribution is -0.121. The summed E-state index contributed by atoms with van der Waals surface area (Å²) in [5.41, 5.74) is 1.13. The van der Waals surface area contributed by atoms with E-state index in [-0.39, 0.29) is 17.5 Å². The fraction of sp³-hybridized carbons (Fsp3) is 0.318. The molecule has 0 aliphatic carbocycles. The number of halogens is 2. The number of nitrogens with zero attached hydrogens (tertiary/aromatic N) is 3. The molecule has 1 atom stereocenters. The molecular weight excluding hydrogens is 437 g/mol. The summed E-state index contributed by atoms with van der Waals surface area (Å²) in [7, 11) is 0. The zero-order valence-corrected chi connectivity index (χ0v) is 18.6. The first-order chi connectivity index (χ1) is 14.9. The van der Waals surface area contributed by atoms with Crippen molar-refractivity contribution in [3.63, 3.8) is 0 Å². The monoisotopic (exact) mass is 459 g/mol. The summed E-state index contributed by atoms with van der Waals surface area (Å²) in [6.07, 6.45) is 0. The van der Waals surface area contributed by atoms with Crippen LogP contribution in [0.25, 0.3) is 10.9 Å². The largest absolute Gasteiger partial charge is 0.323 e. The molecule has 162 valence electrons. The van der Waals surface area contributed by atoms with Crippen LogP contribution >= 0.6 is 23.2 Å². The Hall–Kier alpha value is -2.45. The molecule has 1 amide bonds. The van der Waals surface area contributed by atoms with Gasteiger partial charge in [-0.3, -0.25) is 19.4 Å². The number of carbonyl (C=O) groups excluding carboxylic acids is 1. The van der Waals surface area contributed by atoms with Crippen molar-refractivity contribution in [3.8, 4) is 0 Å². The van der Waals surface area contributed by atoms with Crippen molar-refractivity contribution in [2.75, 3.05) is 31.5 Å². The lowest BCUT2D eigenvalue weighted by atomic mass is 10.2. The van der Waals surface area contributed by atoms with Gasteiger partial charge in [-0.25, -0.2) is 4.98 Å². The van der Waals surface area contributed by atoms with Crippen LogP contribution in [0.5, 0.6) is 0 Å². The van der Waals surface area contributed by atoms with E-state index in [1.165, 1.54) is 0 Å². The minimum atomic E-state index is -0.299. The third-order valence-electron chi connectivity index (χ3n) is 5.56. The van der Waals surface area contributed by atoms with Gasteiger partial charge in [0, 0.05) is 31.2 Å². The maximum Gasteiger partial charge on any atom is 0.258 e. The molecule has 2 aromatic carbocycles. The normalized spacial score (nSPS) is 16.4. The summed E-state index contributed by atoms with van der Waals surface area (Å²) in [5.74, 6) is 0.540. The number of amides is 1. The third-order valence-corrected chi connectivity index (χ3v) is 6.11. The van der Waals surface area contributed by atoms with Gasteiger partial charge in [-0.2, -0.15) is 0 Å². The van der Waals surface area contributed by atoms with E-state index in [1.54, 1.807) is 24.3 Å². The van der Waals surface area contributed by atoms with Gasteiger partial charge in [0.2, 0.25) is 5.91 Å². The molecule has 0 bridgehead atoms. The molecule has 7 nitrogen and oxygen atoms in total. The molecule has 2 N–H and O–H groups in total. The summed E-state index contributed by atoms with van der Waals surface area (Å²) in [5, 5.41) is 4.40. The average Bonchev–Trinajstić information content (AvgIpc) is 2.76. The number of aromatic nitrogens is 2. The van der Waals surface area contributed by atoms with Gasteiger partial charge in [0.25, 0.3) is 5.56 Å². The van der Waals surface area contributed by atoms with Crippen molar-refractivity contribution < 1.29 is 4.79 Å². The van der Waals surface area contributed by atoms with E-state index >= 15 is 0 Å². The summed E-state index contributed by atoms with van der Waals surface area (Å²) < 4.78 is 0. The second-order valence-corrected chi connectivity index (χ2v) is 8.47. The summed E-state index contributed by atoms with van der Waals surface area (Å²) >= 11 is 12.1. The lowest BCUT2D eigenvalue weighted by Gasteiger charge is -2.37. The van der Waals surface area contributed by atoms with Crippen LogP contribution in [-0.4, -0.2) is 57.9 Å². The van der Waals surface area contributed by atoms with Crippen molar-refractivity contribution in [3.05, 3.63) is 68.7 Å². The first-order valence-electron chi connectivity index (χ1n) is 10.1. The summed E-state index contributed by atoms with van der Waals surface area (Å²) in [6.45, 7) is 5.47. The Bertz CT molecular complexity index is 1160. The van der Waals surface area contributed by atoms with Crippen LogP contribution in [0.1, 0.15) is 12.7 Å². The fourth-order valence-electron chi connectivity index (χ4n) is 3.72. The topological polar surface area (TPSA) is 81.3 Å². The molecule has 0 spiro atoms. The first kappa shape index (κ1) is 21.8. The number of aromatic amines is 1. The minimum Gasteiger partial charge on any atom is -0.323 e. The number of piperazine rings is 1. The van der Waals surface area contributed by atoms with Crippen LogP contribution in [0.15, 0.2) is 47.3 Å². The Balaban J connectivity index is 1.34. The van der Waals surface area contributed by atoms with Crippen molar-refractivity contribution in [2.24, 2.45) is 0 Å². The maximum atomic E-state index is 12.7. The van der Waals surface area contributed by atoms with Gasteiger partial charge >= 0.3 is 0 Å². The number of hydrogen-bond acceptors (Lipinski definition) is 5. The van der Waals surface area contributed by atoms with Crippen LogP contribution in [-0.2, 0) is 11.3 Å². The highest BCUT2D eigenvalue weighted by Gasteiger charge is 2.26. The van der Waals surface area contributed by atoms with Gasteiger partial charge in [-0.15, -0.1) is 0 Å². The quantitative estimate of drug-likeness (QED) is 0.610. The molecule has 0 radical (unpaired) electrons. The lowest BCUT2D eigenvalue weighted by Crippen LogP contribution is -2.52. The molecule has 1 aliphatic rings. The van der Waals surface area contributed by atoms with Gasteiger partial charge in [0.05, 0.1) is 34.2 Å². The first-order valence-corrected chi connectivity index (χ1v) is 10.9. The predicted octanol–water partition coefficient (Wildman–Crippen LogP) is 3.37. The molecule has 1 unspecified atom stereocenters. The number of benzene rings is 2. The molecule has 2 heterocycles. The maximum absolute atomic E-state index is 12.7. The molecule has 1 aliphatic heterocycles. The van der Waals surface area contributed by atoms with Crippen molar-refractivity contribution >= 4 is 45.7 Å². The molecule has 9 heteroatoms. The predicted molar refractivity (Wildman–Crippen MR) is 124 cm³/mol. The highest BCUT2D eigenvalue weighted by atomic mass is 35.5. The molecule has 1 fully saturated rings. The Morgan fingerprint density at radius 2 is 1.90 bits per heavy atom. The Labute approximate surface area is 190 Å². The number of carbonyl (C=O) groups is 1. The number of fused-ring (bicyclic) bond motifs is 1. The fourth-order valence-corrected chi connectivity index (χ4v) is 4.18. The van der Waals surface area contributed by atoms with Crippen molar-refractivity contribution in [1.82, 2.24) is 19.8 Å². The number of para-hydroxylation sites is 1. The summed E-state index contributed by atoms with van der Waals surface area (Å²) in [4.78, 5) is 36.8. The number of nitrogens with one attached hydrogen (secondary N) is 2. The number of rotatable bonds is 5. The van der Waals surface area contributed by atoms with Gasteiger partial charge < -0.3 is 10.3 Å². The Morgan fingerprint density at radius 3 is 2.65 bits per heavy atom. The van der Waals surface area contributed by atoms with Crippen LogP contribution in [0.4, 0.5) is 5.69 Å². The molecule has 31 heavy (non-hydrogen) atoms. The minimum absolute atomic E-state index is 0.113. The zero-order valence-electron chi connectivity index (χ0n) is 17.1. The van der Waals surface area contributed by atoms with Crippen LogP contribution < -0.4 is 10.9 Å². The second kappa shape index (κ2) is 9.36. The SMILES string of the molecule is CC(C(=O)Nc1ccc(Cl)cc1Cl)N1CCN(Cc2nc3ccccc3c(=O)[nH]2)CC1. The molecule has 0 saturated carbocycles. The van der Waals surface area contributed by atoms with E-state index in [9.17, 15) is 9.59 Å². The highest BCUT2D eigenvalue weighted by molar-refractivity contribution is 6.36. The zero-order chi connectivity index (χ0) is 22.0. The third kappa shape index (κ3) is 5.07. The number of hydrogen-bond donors (Lipinski definition) is 2. The van der Waals surface area contributed by atoms with Gasteiger partial charge in [0.1, 0.15) is 5.82 Å². The van der Waals surface area contributed by atoms with E-state index in [2.05, 4.69) is 25.1 Å². The molecule has 4 rings (SSSR count). The van der Waals surface area contributed by atoms with Gasteiger partial charge in [-0.05, 0) is 37.3 Å². The van der Waals surface area contributed by atoms with Crippen LogP contribution in [0, 0.1) is 0 Å². The smallest absolute Gasteiger partial charge is 0.258 e. The van der Waals surface area contributed by atoms with E-state index < -0.39 is 0 Å². The van der Waals surface area contributed by atoms with Gasteiger partial charge in [-0.1, -0.05) is 35.3 Å². The van der Waals surface area contributed by atoms with Crippen molar-refractivity contribution in [2.45, 2.75) is 19.5 Å².